The summed E-state index contributed by atoms with van der Waals surface area (Å²) in [5, 5.41) is 0. The molecule has 0 radical (unpaired) electrons. The molecule has 0 aliphatic carbocycles. The van der Waals surface area contributed by atoms with E-state index in [2.05, 4.69) is 47.9 Å². The van der Waals surface area contributed by atoms with Gasteiger partial charge in [-0.3, -0.25) is 4.79 Å². The zero-order valence-corrected chi connectivity index (χ0v) is 17.0. The highest BCUT2D eigenvalue weighted by Gasteiger charge is 2.45. The van der Waals surface area contributed by atoms with Crippen LogP contribution in [0, 0.1) is 11.3 Å². The van der Waals surface area contributed by atoms with Crippen LogP contribution in [0.1, 0.15) is 51.5 Å². The number of carbonyl (C=O) groups excluding carboxylic acids is 1. The Balaban J connectivity index is 1.29. The third-order valence-electron chi connectivity index (χ3n) is 6.85. The van der Waals surface area contributed by atoms with E-state index in [-0.39, 0.29) is 11.0 Å². The van der Waals surface area contributed by atoms with E-state index < -0.39 is 0 Å². The fourth-order valence-corrected chi connectivity index (χ4v) is 5.35. The largest absolute Gasteiger partial charge is 0.376 e. The van der Waals surface area contributed by atoms with Crippen molar-refractivity contribution in [3.63, 3.8) is 0 Å². The fourth-order valence-electron chi connectivity index (χ4n) is 5.35. The van der Waals surface area contributed by atoms with Gasteiger partial charge in [0.2, 0.25) is 5.91 Å². The Hall–Kier alpha value is -1.39. The van der Waals surface area contributed by atoms with Crippen LogP contribution in [0.5, 0.6) is 0 Å². The molecule has 1 amide bonds. The highest BCUT2D eigenvalue weighted by molar-refractivity contribution is 5.79. The van der Waals surface area contributed by atoms with Crippen molar-refractivity contribution in [1.82, 2.24) is 9.80 Å². The SMILES string of the molecule is CC1(C)C[C@@H](CN2CCC3(CC2)CC(=O)N(Cc2ccccc2)C3)CCO1. The Morgan fingerprint density at radius 1 is 1.15 bits per heavy atom. The molecule has 4 heteroatoms. The summed E-state index contributed by atoms with van der Waals surface area (Å²) >= 11 is 0. The van der Waals surface area contributed by atoms with Crippen molar-refractivity contribution in [3.8, 4) is 0 Å². The van der Waals surface area contributed by atoms with Gasteiger partial charge in [-0.25, -0.2) is 0 Å². The lowest BCUT2D eigenvalue weighted by Gasteiger charge is -2.42. The van der Waals surface area contributed by atoms with Gasteiger partial charge in [-0.1, -0.05) is 30.3 Å². The second-order valence-corrected chi connectivity index (χ2v) is 9.68. The van der Waals surface area contributed by atoms with Gasteiger partial charge in [-0.05, 0) is 69.5 Å². The molecule has 0 unspecified atom stereocenters. The Bertz CT molecular complexity index is 650. The van der Waals surface area contributed by atoms with Crippen LogP contribution in [0.3, 0.4) is 0 Å². The number of hydrogen-bond donors (Lipinski definition) is 0. The molecular formula is C23H34N2O2. The van der Waals surface area contributed by atoms with Gasteiger partial charge in [-0.15, -0.1) is 0 Å². The highest BCUT2D eigenvalue weighted by Crippen LogP contribution is 2.42. The summed E-state index contributed by atoms with van der Waals surface area (Å²) in [4.78, 5) is 17.4. The third kappa shape index (κ3) is 4.55. The lowest BCUT2D eigenvalue weighted by atomic mass is 9.77. The first kappa shape index (κ1) is 18.9. The number of nitrogens with zero attached hydrogens (tertiary/aromatic N) is 2. The Labute approximate surface area is 163 Å². The van der Waals surface area contributed by atoms with Crippen molar-refractivity contribution >= 4 is 5.91 Å². The molecule has 0 saturated carbocycles. The molecule has 148 valence electrons. The maximum Gasteiger partial charge on any atom is 0.223 e. The van der Waals surface area contributed by atoms with Gasteiger partial charge < -0.3 is 14.5 Å². The predicted molar refractivity (Wildman–Crippen MR) is 107 cm³/mol. The number of amides is 1. The van der Waals surface area contributed by atoms with Crippen molar-refractivity contribution in [3.05, 3.63) is 35.9 Å². The van der Waals surface area contributed by atoms with Crippen LogP contribution < -0.4 is 0 Å². The molecule has 0 N–H and O–H groups in total. The molecule has 3 aliphatic rings. The normalized spacial score (nSPS) is 28.0. The van der Waals surface area contributed by atoms with Crippen LogP contribution in [0.2, 0.25) is 0 Å². The lowest BCUT2D eigenvalue weighted by molar-refractivity contribution is -0.128. The summed E-state index contributed by atoms with van der Waals surface area (Å²) in [7, 11) is 0. The van der Waals surface area contributed by atoms with Gasteiger partial charge >= 0.3 is 0 Å². The van der Waals surface area contributed by atoms with E-state index in [4.69, 9.17) is 4.74 Å². The second-order valence-electron chi connectivity index (χ2n) is 9.68. The monoisotopic (exact) mass is 370 g/mol. The van der Waals surface area contributed by atoms with Crippen molar-refractivity contribution < 1.29 is 9.53 Å². The van der Waals surface area contributed by atoms with Crippen molar-refractivity contribution in [2.75, 3.05) is 32.8 Å². The number of benzene rings is 1. The second kappa shape index (κ2) is 7.56. The van der Waals surface area contributed by atoms with Crippen LogP contribution >= 0.6 is 0 Å². The summed E-state index contributed by atoms with van der Waals surface area (Å²) in [6.07, 6.45) is 5.43. The molecule has 3 fully saturated rings. The zero-order chi connectivity index (χ0) is 18.9. The maximum absolute atomic E-state index is 12.6. The number of piperidine rings is 1. The Kier molecular flexibility index (Phi) is 5.30. The van der Waals surface area contributed by atoms with Crippen molar-refractivity contribution in [2.24, 2.45) is 11.3 Å². The molecule has 3 saturated heterocycles. The summed E-state index contributed by atoms with van der Waals surface area (Å²) in [5.41, 5.74) is 1.50. The number of rotatable bonds is 4. The first-order valence-electron chi connectivity index (χ1n) is 10.6. The van der Waals surface area contributed by atoms with Gasteiger partial charge in [0, 0.05) is 32.7 Å². The Morgan fingerprint density at radius 3 is 2.59 bits per heavy atom. The quantitative estimate of drug-likeness (QED) is 0.810. The Morgan fingerprint density at radius 2 is 1.89 bits per heavy atom. The van der Waals surface area contributed by atoms with E-state index in [0.29, 0.717) is 5.91 Å². The molecule has 27 heavy (non-hydrogen) atoms. The summed E-state index contributed by atoms with van der Waals surface area (Å²) < 4.78 is 5.87. The van der Waals surface area contributed by atoms with Gasteiger partial charge in [0.05, 0.1) is 5.60 Å². The van der Waals surface area contributed by atoms with E-state index in [1.807, 2.05) is 6.07 Å². The molecule has 1 aromatic rings. The number of ether oxygens (including phenoxy) is 1. The van der Waals surface area contributed by atoms with Gasteiger partial charge in [0.15, 0.2) is 0 Å². The first-order valence-corrected chi connectivity index (χ1v) is 10.6. The topological polar surface area (TPSA) is 32.8 Å². The van der Waals surface area contributed by atoms with Gasteiger partial charge in [0.25, 0.3) is 0 Å². The molecule has 1 spiro atoms. The van der Waals surface area contributed by atoms with E-state index in [0.717, 1.165) is 64.4 Å². The molecule has 0 aromatic heterocycles. The molecule has 4 nitrogen and oxygen atoms in total. The standard InChI is InChI=1S/C23H34N2O2/c1-22(2)14-20(8-13-27-22)16-24-11-9-23(10-12-24)15-21(26)25(18-23)17-19-6-4-3-5-7-19/h3-7,20H,8-18H2,1-2H3/t20-/m0/s1. The molecular weight excluding hydrogens is 336 g/mol. The number of likely N-dealkylation sites (tertiary alicyclic amines) is 2. The molecule has 3 aliphatic heterocycles. The zero-order valence-electron chi connectivity index (χ0n) is 17.0. The van der Waals surface area contributed by atoms with Crippen LogP contribution in [0.15, 0.2) is 30.3 Å². The lowest BCUT2D eigenvalue weighted by Crippen LogP contribution is -2.45. The van der Waals surface area contributed by atoms with Gasteiger partial charge in [-0.2, -0.15) is 0 Å². The average molecular weight is 371 g/mol. The number of carbonyl (C=O) groups is 1. The van der Waals surface area contributed by atoms with Crippen molar-refractivity contribution in [1.29, 1.82) is 0 Å². The summed E-state index contributed by atoms with van der Waals surface area (Å²) in [6, 6.07) is 10.4. The average Bonchev–Trinajstić information content (AvgIpc) is 2.92. The maximum atomic E-state index is 12.6. The molecule has 1 atom stereocenters. The predicted octanol–water partition coefficient (Wildman–Crippen LogP) is 3.71. The first-order chi connectivity index (χ1) is 12.9. The van der Waals surface area contributed by atoms with Crippen LogP contribution in [0.25, 0.3) is 0 Å². The van der Waals surface area contributed by atoms with Crippen molar-refractivity contribution in [2.45, 2.75) is 58.1 Å². The highest BCUT2D eigenvalue weighted by atomic mass is 16.5. The van der Waals surface area contributed by atoms with Crippen LogP contribution in [0.4, 0.5) is 0 Å². The minimum Gasteiger partial charge on any atom is -0.376 e. The molecule has 3 heterocycles. The van der Waals surface area contributed by atoms with Crippen LogP contribution in [-0.2, 0) is 16.1 Å². The molecule has 0 bridgehead atoms. The van der Waals surface area contributed by atoms with Crippen LogP contribution in [-0.4, -0.2) is 54.1 Å². The fraction of sp³-hybridized carbons (Fsp3) is 0.696. The number of hydrogen-bond acceptors (Lipinski definition) is 3. The van der Waals surface area contributed by atoms with E-state index in [1.54, 1.807) is 0 Å². The summed E-state index contributed by atoms with van der Waals surface area (Å²) in [5.74, 6) is 1.10. The summed E-state index contributed by atoms with van der Waals surface area (Å²) in [6.45, 7) is 10.5. The van der Waals surface area contributed by atoms with E-state index in [9.17, 15) is 4.79 Å². The third-order valence-corrected chi connectivity index (χ3v) is 6.85. The minimum absolute atomic E-state index is 0.0374. The van der Waals surface area contributed by atoms with E-state index in [1.165, 1.54) is 18.5 Å². The smallest absolute Gasteiger partial charge is 0.223 e. The molecule has 1 aromatic carbocycles. The minimum atomic E-state index is 0.0374. The van der Waals surface area contributed by atoms with E-state index >= 15 is 0 Å². The molecule has 4 rings (SSSR count). The van der Waals surface area contributed by atoms with Gasteiger partial charge in [0.1, 0.15) is 0 Å².